The second kappa shape index (κ2) is 5.97. The molecule has 0 fully saturated rings. The summed E-state index contributed by atoms with van der Waals surface area (Å²) in [6, 6.07) is 0.0941. The number of aliphatic hydroxyl groups excluding tert-OH is 1. The van der Waals surface area contributed by atoms with Crippen molar-refractivity contribution in [1.29, 1.82) is 0 Å². The molecule has 0 atom stereocenters. The maximum atomic E-state index is 10.7. The van der Waals surface area contributed by atoms with Gasteiger partial charge >= 0.3 is 6.09 Å². The van der Waals surface area contributed by atoms with Crippen molar-refractivity contribution in [2.24, 2.45) is 0 Å². The summed E-state index contributed by atoms with van der Waals surface area (Å²) < 4.78 is 4.68. The minimum atomic E-state index is -0.423. The van der Waals surface area contributed by atoms with E-state index in [0.29, 0.717) is 6.42 Å². The largest absolute Gasteiger partial charge is 0.449 e. The summed E-state index contributed by atoms with van der Waals surface area (Å²) >= 11 is 0. The van der Waals surface area contributed by atoms with Crippen LogP contribution < -0.4 is 5.32 Å². The molecule has 0 aromatic rings. The predicted octanol–water partition coefficient (Wildman–Crippen LogP) is 0.503. The molecule has 0 heterocycles. The first-order chi connectivity index (χ1) is 5.16. The molecule has 0 aliphatic rings. The Hall–Kier alpha value is -0.770. The average Bonchev–Trinajstić information content (AvgIpc) is 1.86. The third kappa shape index (κ3) is 7.12. The lowest BCUT2D eigenvalue weighted by atomic mass is 10.4. The quantitative estimate of drug-likeness (QED) is 0.590. The third-order valence-corrected chi connectivity index (χ3v) is 0.942. The Labute approximate surface area is 66.5 Å². The van der Waals surface area contributed by atoms with Gasteiger partial charge in [-0.2, -0.15) is 0 Å². The first kappa shape index (κ1) is 10.2. The van der Waals surface area contributed by atoms with E-state index >= 15 is 0 Å². The molecular formula is C7H15NO3. The third-order valence-electron chi connectivity index (χ3n) is 0.942. The maximum absolute atomic E-state index is 10.7. The van der Waals surface area contributed by atoms with Crippen molar-refractivity contribution < 1.29 is 14.6 Å². The number of carbonyl (C=O) groups excluding carboxylic acids is 1. The van der Waals surface area contributed by atoms with E-state index in [-0.39, 0.29) is 19.3 Å². The topological polar surface area (TPSA) is 58.6 Å². The van der Waals surface area contributed by atoms with Crippen LogP contribution in [0.4, 0.5) is 4.79 Å². The molecule has 11 heavy (non-hydrogen) atoms. The second-order valence-electron chi connectivity index (χ2n) is 2.51. The Morgan fingerprint density at radius 3 is 2.73 bits per heavy atom. The average molecular weight is 161 g/mol. The molecule has 0 radical (unpaired) electrons. The van der Waals surface area contributed by atoms with Gasteiger partial charge in [0, 0.05) is 19.1 Å². The molecule has 1 amide bonds. The van der Waals surface area contributed by atoms with Crippen LogP contribution in [0.1, 0.15) is 20.3 Å². The highest BCUT2D eigenvalue weighted by atomic mass is 16.5. The van der Waals surface area contributed by atoms with Gasteiger partial charge in [0.05, 0.1) is 6.61 Å². The van der Waals surface area contributed by atoms with Crippen LogP contribution in [0.2, 0.25) is 0 Å². The lowest BCUT2D eigenvalue weighted by Gasteiger charge is -2.08. The summed E-state index contributed by atoms with van der Waals surface area (Å²) in [4.78, 5) is 10.7. The van der Waals surface area contributed by atoms with E-state index < -0.39 is 6.09 Å². The Balaban J connectivity index is 3.23. The van der Waals surface area contributed by atoms with Gasteiger partial charge in [-0.25, -0.2) is 4.79 Å². The molecule has 0 saturated heterocycles. The molecule has 0 unspecified atom stereocenters. The number of alkyl carbamates (subject to hydrolysis) is 1. The normalized spacial score (nSPS) is 9.82. The SMILES string of the molecule is CC(C)NC(=O)OCCCO. The fraction of sp³-hybridized carbons (Fsp3) is 0.857. The van der Waals surface area contributed by atoms with Crippen LogP contribution in [0.3, 0.4) is 0 Å². The number of rotatable bonds is 4. The van der Waals surface area contributed by atoms with E-state index in [1.165, 1.54) is 0 Å². The first-order valence-corrected chi connectivity index (χ1v) is 3.71. The Morgan fingerprint density at radius 1 is 1.64 bits per heavy atom. The van der Waals surface area contributed by atoms with Crippen molar-refractivity contribution in [2.45, 2.75) is 26.3 Å². The number of ether oxygens (including phenoxy) is 1. The standard InChI is InChI=1S/C7H15NO3/c1-6(2)8-7(10)11-5-3-4-9/h6,9H,3-5H2,1-2H3,(H,8,10). The van der Waals surface area contributed by atoms with Gasteiger partial charge in [-0.3, -0.25) is 0 Å². The molecule has 2 N–H and O–H groups in total. The highest BCUT2D eigenvalue weighted by Gasteiger charge is 2.01. The minimum Gasteiger partial charge on any atom is -0.449 e. The molecule has 0 aromatic carbocycles. The molecule has 0 bridgehead atoms. The monoisotopic (exact) mass is 161 g/mol. The van der Waals surface area contributed by atoms with Crippen LogP contribution >= 0.6 is 0 Å². The van der Waals surface area contributed by atoms with Gasteiger partial charge in [0.25, 0.3) is 0 Å². The van der Waals surface area contributed by atoms with Crippen molar-refractivity contribution in [3.05, 3.63) is 0 Å². The number of hydrogen-bond donors (Lipinski definition) is 2. The predicted molar refractivity (Wildman–Crippen MR) is 41.3 cm³/mol. The van der Waals surface area contributed by atoms with Gasteiger partial charge in [0.15, 0.2) is 0 Å². The molecule has 0 rings (SSSR count). The Kier molecular flexibility index (Phi) is 5.56. The van der Waals surface area contributed by atoms with Gasteiger partial charge in [0.1, 0.15) is 0 Å². The van der Waals surface area contributed by atoms with Crippen LogP contribution in [-0.4, -0.2) is 30.5 Å². The maximum Gasteiger partial charge on any atom is 0.407 e. The van der Waals surface area contributed by atoms with Gasteiger partial charge in [-0.1, -0.05) is 0 Å². The van der Waals surface area contributed by atoms with E-state index in [1.807, 2.05) is 13.8 Å². The van der Waals surface area contributed by atoms with Crippen molar-refractivity contribution in [2.75, 3.05) is 13.2 Å². The molecule has 66 valence electrons. The smallest absolute Gasteiger partial charge is 0.407 e. The molecule has 0 saturated carbocycles. The summed E-state index contributed by atoms with van der Waals surface area (Å²) in [5.41, 5.74) is 0. The van der Waals surface area contributed by atoms with Crippen LogP contribution in [0, 0.1) is 0 Å². The highest BCUT2D eigenvalue weighted by Crippen LogP contribution is 1.84. The fourth-order valence-corrected chi connectivity index (χ4v) is 0.507. The zero-order valence-electron chi connectivity index (χ0n) is 6.96. The summed E-state index contributed by atoms with van der Waals surface area (Å²) in [5.74, 6) is 0. The molecule has 4 nitrogen and oxygen atoms in total. The second-order valence-corrected chi connectivity index (χ2v) is 2.51. The molecule has 0 aliphatic carbocycles. The number of amides is 1. The van der Waals surface area contributed by atoms with E-state index in [9.17, 15) is 4.79 Å². The fourth-order valence-electron chi connectivity index (χ4n) is 0.507. The number of nitrogens with one attached hydrogen (secondary N) is 1. The summed E-state index contributed by atoms with van der Waals surface area (Å²) in [6.45, 7) is 4.03. The van der Waals surface area contributed by atoms with Crippen LogP contribution in [-0.2, 0) is 4.74 Å². The Morgan fingerprint density at radius 2 is 2.27 bits per heavy atom. The zero-order valence-corrected chi connectivity index (χ0v) is 6.96. The molecule has 0 aromatic heterocycles. The van der Waals surface area contributed by atoms with Crippen molar-refractivity contribution >= 4 is 6.09 Å². The van der Waals surface area contributed by atoms with Gasteiger partial charge in [-0.15, -0.1) is 0 Å². The van der Waals surface area contributed by atoms with Gasteiger partial charge in [-0.05, 0) is 13.8 Å². The van der Waals surface area contributed by atoms with E-state index in [2.05, 4.69) is 10.1 Å². The minimum absolute atomic E-state index is 0.0506. The van der Waals surface area contributed by atoms with Crippen molar-refractivity contribution in [3.8, 4) is 0 Å². The van der Waals surface area contributed by atoms with Crippen LogP contribution in [0.5, 0.6) is 0 Å². The highest BCUT2D eigenvalue weighted by molar-refractivity contribution is 5.67. The lowest BCUT2D eigenvalue weighted by molar-refractivity contribution is 0.133. The molecule has 4 heteroatoms. The van der Waals surface area contributed by atoms with Gasteiger partial charge < -0.3 is 15.2 Å². The van der Waals surface area contributed by atoms with Crippen molar-refractivity contribution in [1.82, 2.24) is 5.32 Å². The van der Waals surface area contributed by atoms with Crippen LogP contribution in [0.15, 0.2) is 0 Å². The molecular weight excluding hydrogens is 146 g/mol. The zero-order chi connectivity index (χ0) is 8.69. The van der Waals surface area contributed by atoms with E-state index in [4.69, 9.17) is 5.11 Å². The van der Waals surface area contributed by atoms with Gasteiger partial charge in [0.2, 0.25) is 0 Å². The molecule has 0 aliphatic heterocycles. The number of carbonyl (C=O) groups is 1. The summed E-state index contributed by atoms with van der Waals surface area (Å²) in [6.07, 6.45) is 0.0689. The summed E-state index contributed by atoms with van der Waals surface area (Å²) in [7, 11) is 0. The Bertz CT molecular complexity index is 114. The number of hydrogen-bond acceptors (Lipinski definition) is 3. The summed E-state index contributed by atoms with van der Waals surface area (Å²) in [5, 5.41) is 10.9. The van der Waals surface area contributed by atoms with E-state index in [0.717, 1.165) is 0 Å². The van der Waals surface area contributed by atoms with Crippen LogP contribution in [0.25, 0.3) is 0 Å². The molecule has 0 spiro atoms. The van der Waals surface area contributed by atoms with E-state index in [1.54, 1.807) is 0 Å². The number of aliphatic hydroxyl groups is 1. The lowest BCUT2D eigenvalue weighted by Crippen LogP contribution is -2.31. The van der Waals surface area contributed by atoms with Crippen molar-refractivity contribution in [3.63, 3.8) is 0 Å². The first-order valence-electron chi connectivity index (χ1n) is 3.71.